The molecule has 0 spiro atoms. The second-order valence-corrected chi connectivity index (χ2v) is 9.69. The number of hydrogen-bond acceptors (Lipinski definition) is 5. The van der Waals surface area contributed by atoms with Gasteiger partial charge in [-0.3, -0.25) is 4.79 Å². The van der Waals surface area contributed by atoms with Gasteiger partial charge in [0, 0.05) is 12.0 Å². The Morgan fingerprint density at radius 1 is 1.14 bits per heavy atom. The van der Waals surface area contributed by atoms with Crippen molar-refractivity contribution in [1.82, 2.24) is 4.72 Å². The molecule has 1 heterocycles. The Morgan fingerprint density at radius 2 is 1.68 bits per heavy atom. The van der Waals surface area contributed by atoms with Crippen LogP contribution in [-0.4, -0.2) is 34.0 Å². The number of anilines is 1. The predicted molar refractivity (Wildman–Crippen MR) is 82.4 cm³/mol. The fourth-order valence-corrected chi connectivity index (χ4v) is 4.97. The highest BCUT2D eigenvalue weighted by Gasteiger charge is 2.36. The summed E-state index contributed by atoms with van der Waals surface area (Å²) in [7, 11) is -7.35. The molecular formula is C13H18N2O5S2. The molecule has 0 saturated carbocycles. The monoisotopic (exact) mass is 346 g/mol. The van der Waals surface area contributed by atoms with Gasteiger partial charge in [-0.15, -0.1) is 0 Å². The van der Waals surface area contributed by atoms with Crippen molar-refractivity contribution in [2.45, 2.75) is 37.6 Å². The summed E-state index contributed by atoms with van der Waals surface area (Å²) in [6.07, 6.45) is -0.0615. The van der Waals surface area contributed by atoms with Gasteiger partial charge in [0.1, 0.15) is 0 Å². The summed E-state index contributed by atoms with van der Waals surface area (Å²) < 4.78 is 51.2. The van der Waals surface area contributed by atoms with Crippen molar-refractivity contribution in [2.75, 3.05) is 10.1 Å². The Balaban J connectivity index is 2.34. The Kier molecular flexibility index (Phi) is 4.09. The molecule has 0 bridgehead atoms. The second-order valence-electron chi connectivity index (χ2n) is 6.07. The third-order valence-corrected chi connectivity index (χ3v) is 6.37. The van der Waals surface area contributed by atoms with Gasteiger partial charge in [0.05, 0.1) is 16.3 Å². The van der Waals surface area contributed by atoms with Crippen LogP contribution in [0.15, 0.2) is 29.2 Å². The number of benzene rings is 1. The van der Waals surface area contributed by atoms with Crippen LogP contribution >= 0.6 is 0 Å². The predicted octanol–water partition coefficient (Wildman–Crippen LogP) is 0.830. The third-order valence-electron chi connectivity index (χ3n) is 2.90. The fourth-order valence-electron chi connectivity index (χ4n) is 2.09. The van der Waals surface area contributed by atoms with E-state index < -0.39 is 31.5 Å². The summed E-state index contributed by atoms with van der Waals surface area (Å²) in [6, 6.07) is 5.20. The molecule has 122 valence electrons. The summed E-state index contributed by atoms with van der Waals surface area (Å²) in [6.45, 7) is 5.15. The van der Waals surface area contributed by atoms with Gasteiger partial charge in [-0.2, -0.15) is 0 Å². The molecule has 0 unspecified atom stereocenters. The number of nitrogens with one attached hydrogen (secondary N) is 1. The Labute approximate surface area is 130 Å². The molecule has 1 amide bonds. The first-order chi connectivity index (χ1) is 9.92. The quantitative estimate of drug-likeness (QED) is 0.874. The molecule has 9 heteroatoms. The van der Waals surface area contributed by atoms with Gasteiger partial charge in [-0.25, -0.2) is 25.9 Å². The molecule has 0 aromatic heterocycles. The van der Waals surface area contributed by atoms with Gasteiger partial charge < -0.3 is 0 Å². The minimum Gasteiger partial charge on any atom is -0.273 e. The number of hydrogen-bond donors (Lipinski definition) is 1. The lowest BCUT2D eigenvalue weighted by Crippen LogP contribution is -2.40. The van der Waals surface area contributed by atoms with Crippen molar-refractivity contribution >= 4 is 31.6 Å². The maximum atomic E-state index is 12.2. The lowest BCUT2D eigenvalue weighted by molar-refractivity contribution is -0.116. The number of sulfonamides is 2. The highest BCUT2D eigenvalue weighted by atomic mass is 32.2. The number of nitrogens with zero attached hydrogens (tertiary/aromatic N) is 1. The standard InChI is InChI=1S/C13H18N2O5S2/c1-13(2,3)14-22(19,20)11-6-4-10(5-7-11)15-12(16)8-9-21(15,17)18/h4-7,14H,8-9H2,1-3H3. The number of carbonyl (C=O) groups is 1. The molecule has 1 aliphatic heterocycles. The molecule has 0 radical (unpaired) electrons. The molecule has 1 N–H and O–H groups in total. The molecule has 1 aliphatic rings. The zero-order chi connectivity index (χ0) is 16.8. The van der Waals surface area contributed by atoms with E-state index in [1.165, 1.54) is 24.3 Å². The summed E-state index contributed by atoms with van der Waals surface area (Å²) in [4.78, 5) is 11.7. The van der Waals surface area contributed by atoms with Crippen LogP contribution in [0.4, 0.5) is 5.69 Å². The van der Waals surface area contributed by atoms with Crippen molar-refractivity contribution in [3.8, 4) is 0 Å². The van der Waals surface area contributed by atoms with Crippen LogP contribution < -0.4 is 9.03 Å². The van der Waals surface area contributed by atoms with Crippen molar-refractivity contribution in [1.29, 1.82) is 0 Å². The molecule has 1 aromatic carbocycles. The maximum absolute atomic E-state index is 12.2. The van der Waals surface area contributed by atoms with E-state index in [9.17, 15) is 21.6 Å². The molecule has 2 rings (SSSR count). The largest absolute Gasteiger partial charge is 0.273 e. The first-order valence-electron chi connectivity index (χ1n) is 6.62. The van der Waals surface area contributed by atoms with Crippen LogP contribution in [0.2, 0.25) is 0 Å². The smallest absolute Gasteiger partial charge is 0.242 e. The summed E-state index contributed by atoms with van der Waals surface area (Å²) in [5.41, 5.74) is -0.483. The molecule has 0 aliphatic carbocycles. The van der Waals surface area contributed by atoms with Crippen LogP contribution in [0.3, 0.4) is 0 Å². The van der Waals surface area contributed by atoms with Gasteiger partial charge in [-0.1, -0.05) is 0 Å². The van der Waals surface area contributed by atoms with Crippen LogP contribution in [0.1, 0.15) is 27.2 Å². The van der Waals surface area contributed by atoms with Crippen LogP contribution in [0.25, 0.3) is 0 Å². The number of amides is 1. The van der Waals surface area contributed by atoms with E-state index in [0.717, 1.165) is 4.31 Å². The lowest BCUT2D eigenvalue weighted by atomic mass is 10.1. The number of carbonyl (C=O) groups excluding carboxylic acids is 1. The average Bonchev–Trinajstić information content (AvgIpc) is 2.61. The topological polar surface area (TPSA) is 101 Å². The molecule has 1 aromatic rings. The fraction of sp³-hybridized carbons (Fsp3) is 0.462. The van der Waals surface area contributed by atoms with E-state index >= 15 is 0 Å². The van der Waals surface area contributed by atoms with E-state index in [2.05, 4.69) is 4.72 Å². The second kappa shape index (κ2) is 5.32. The van der Waals surface area contributed by atoms with Crippen LogP contribution in [0.5, 0.6) is 0 Å². The lowest BCUT2D eigenvalue weighted by Gasteiger charge is -2.21. The first kappa shape index (κ1) is 16.9. The zero-order valence-electron chi connectivity index (χ0n) is 12.5. The van der Waals surface area contributed by atoms with E-state index in [1.807, 2.05) is 0 Å². The normalized spacial score (nSPS) is 18.7. The summed E-state index contributed by atoms with van der Waals surface area (Å²) >= 11 is 0. The Morgan fingerprint density at radius 3 is 2.09 bits per heavy atom. The van der Waals surface area contributed by atoms with Crippen LogP contribution in [-0.2, 0) is 24.8 Å². The van der Waals surface area contributed by atoms with E-state index in [4.69, 9.17) is 0 Å². The maximum Gasteiger partial charge on any atom is 0.242 e. The SMILES string of the molecule is CC(C)(C)NS(=O)(=O)c1ccc(N2C(=O)CCS2(=O)=O)cc1. The van der Waals surface area contributed by atoms with Crippen molar-refractivity contribution in [3.05, 3.63) is 24.3 Å². The van der Waals surface area contributed by atoms with Gasteiger partial charge in [-0.05, 0) is 45.0 Å². The molecule has 7 nitrogen and oxygen atoms in total. The average molecular weight is 346 g/mol. The molecule has 1 fully saturated rings. The van der Waals surface area contributed by atoms with Crippen molar-refractivity contribution in [3.63, 3.8) is 0 Å². The zero-order valence-corrected chi connectivity index (χ0v) is 14.2. The summed E-state index contributed by atoms with van der Waals surface area (Å²) in [5, 5.41) is 0. The van der Waals surface area contributed by atoms with Gasteiger partial charge in [0.2, 0.25) is 26.0 Å². The van der Waals surface area contributed by atoms with Crippen LogP contribution in [0, 0.1) is 0 Å². The number of rotatable bonds is 3. The minimum absolute atomic E-state index is 0.00946. The van der Waals surface area contributed by atoms with Crippen molar-refractivity contribution < 1.29 is 21.6 Å². The third kappa shape index (κ3) is 3.47. The Bertz CT molecular complexity index is 790. The van der Waals surface area contributed by atoms with Gasteiger partial charge in [0.15, 0.2) is 0 Å². The molecular weight excluding hydrogens is 328 g/mol. The summed E-state index contributed by atoms with van der Waals surface area (Å²) in [5.74, 6) is -0.735. The van der Waals surface area contributed by atoms with E-state index in [1.54, 1.807) is 20.8 Å². The van der Waals surface area contributed by atoms with Crippen molar-refractivity contribution in [2.24, 2.45) is 0 Å². The van der Waals surface area contributed by atoms with Gasteiger partial charge in [0.25, 0.3) is 0 Å². The first-order valence-corrected chi connectivity index (χ1v) is 9.71. The Hall–Kier alpha value is -1.45. The molecule has 22 heavy (non-hydrogen) atoms. The van der Waals surface area contributed by atoms with E-state index in [-0.39, 0.29) is 22.8 Å². The molecule has 1 saturated heterocycles. The van der Waals surface area contributed by atoms with Gasteiger partial charge >= 0.3 is 0 Å². The highest BCUT2D eigenvalue weighted by molar-refractivity contribution is 7.94. The van der Waals surface area contributed by atoms with E-state index in [0.29, 0.717) is 0 Å². The molecule has 0 atom stereocenters. The minimum atomic E-state index is -3.70. The highest BCUT2D eigenvalue weighted by Crippen LogP contribution is 2.26.